The number of carbonyl (C=O) groups is 3. The Hall–Kier alpha value is -2.41. The second kappa shape index (κ2) is 7.68. The number of rotatable bonds is 5. The normalized spacial score (nSPS) is 23.8. The topological polar surface area (TPSA) is 64.2 Å². The van der Waals surface area contributed by atoms with Crippen LogP contribution in [0.5, 0.6) is 0 Å². The van der Waals surface area contributed by atoms with Gasteiger partial charge in [0.05, 0.1) is 13.1 Å². The molecule has 0 radical (unpaired) electrons. The first-order valence-electron chi connectivity index (χ1n) is 9.42. The van der Waals surface area contributed by atoms with Crippen molar-refractivity contribution in [1.82, 2.24) is 19.8 Å². The smallest absolute Gasteiger partial charge is 0.245 e. The number of amides is 3. The van der Waals surface area contributed by atoms with Gasteiger partial charge < -0.3 is 9.80 Å². The van der Waals surface area contributed by atoms with E-state index in [1.165, 1.54) is 10.6 Å². The van der Waals surface area contributed by atoms with Crippen LogP contribution in [0.15, 0.2) is 24.3 Å². The number of fused-ring (bicyclic) bond motifs is 1. The van der Waals surface area contributed by atoms with Crippen molar-refractivity contribution in [3.8, 4) is 0 Å². The van der Waals surface area contributed by atoms with E-state index in [-0.39, 0.29) is 24.3 Å². The molecule has 7 heteroatoms. The lowest BCUT2D eigenvalue weighted by molar-refractivity contribution is -0.197. The van der Waals surface area contributed by atoms with Crippen LogP contribution in [-0.4, -0.2) is 70.4 Å². The monoisotopic (exact) mass is 372 g/mol. The lowest BCUT2D eigenvalue weighted by atomic mass is 9.96. The maximum atomic E-state index is 13.2. The Bertz CT molecular complexity index is 718. The van der Waals surface area contributed by atoms with Gasteiger partial charge in [-0.25, -0.2) is 5.01 Å². The number of benzene rings is 1. The molecule has 1 aromatic carbocycles. The first-order valence-corrected chi connectivity index (χ1v) is 9.42. The molecule has 27 heavy (non-hydrogen) atoms. The van der Waals surface area contributed by atoms with E-state index in [0.29, 0.717) is 19.5 Å². The summed E-state index contributed by atoms with van der Waals surface area (Å²) in [6.45, 7) is 7.00. The maximum Gasteiger partial charge on any atom is 0.245 e. The molecule has 2 aliphatic heterocycles. The highest BCUT2D eigenvalue weighted by Gasteiger charge is 2.48. The van der Waals surface area contributed by atoms with Crippen molar-refractivity contribution < 1.29 is 14.4 Å². The van der Waals surface area contributed by atoms with Gasteiger partial charge in [-0.2, -0.15) is 0 Å². The molecule has 1 unspecified atom stereocenters. The van der Waals surface area contributed by atoms with Gasteiger partial charge in [-0.15, -0.1) is 0 Å². The summed E-state index contributed by atoms with van der Waals surface area (Å²) in [6, 6.07) is 7.55. The molecule has 2 aliphatic rings. The van der Waals surface area contributed by atoms with Crippen LogP contribution < -0.4 is 0 Å². The number of hydrogen-bond acceptors (Lipinski definition) is 4. The first kappa shape index (κ1) is 19.4. The fourth-order valence-corrected chi connectivity index (χ4v) is 3.92. The zero-order valence-electron chi connectivity index (χ0n) is 16.5. The molecule has 3 amide bonds. The summed E-state index contributed by atoms with van der Waals surface area (Å²) in [6.07, 6.45) is 0.874. The fourth-order valence-electron chi connectivity index (χ4n) is 3.92. The zero-order valence-corrected chi connectivity index (χ0v) is 16.5. The minimum Gasteiger partial charge on any atom is -0.333 e. The number of piperazine rings is 1. The van der Waals surface area contributed by atoms with E-state index < -0.39 is 12.2 Å². The molecule has 2 saturated heterocycles. The van der Waals surface area contributed by atoms with E-state index >= 15 is 0 Å². The molecule has 7 nitrogen and oxygen atoms in total. The molecule has 3 rings (SSSR count). The van der Waals surface area contributed by atoms with E-state index in [1.807, 2.05) is 45.0 Å². The van der Waals surface area contributed by atoms with Crippen LogP contribution in [0.1, 0.15) is 31.4 Å². The zero-order chi connectivity index (χ0) is 19.7. The molecule has 0 saturated carbocycles. The van der Waals surface area contributed by atoms with Gasteiger partial charge >= 0.3 is 0 Å². The van der Waals surface area contributed by atoms with Crippen molar-refractivity contribution in [2.24, 2.45) is 5.92 Å². The van der Waals surface area contributed by atoms with Crippen molar-refractivity contribution in [2.45, 2.75) is 45.9 Å². The summed E-state index contributed by atoms with van der Waals surface area (Å²) in [4.78, 5) is 41.0. The summed E-state index contributed by atoms with van der Waals surface area (Å²) in [5.74, 6) is 0.120. The Labute approximate surface area is 160 Å². The molecule has 2 fully saturated rings. The Morgan fingerprint density at radius 2 is 1.85 bits per heavy atom. The SMILES string of the molecule is Cc1ccc(CN2CC3N(C(=O)CN(C)N3C=O)[C@@H](CC(C)C)C2=O)cc1. The molecule has 0 bridgehead atoms. The maximum absolute atomic E-state index is 13.2. The second-order valence-corrected chi connectivity index (χ2v) is 7.93. The van der Waals surface area contributed by atoms with E-state index in [0.717, 1.165) is 12.0 Å². The predicted molar refractivity (Wildman–Crippen MR) is 101 cm³/mol. The molecule has 0 spiro atoms. The van der Waals surface area contributed by atoms with Crippen molar-refractivity contribution in [3.05, 3.63) is 35.4 Å². The Morgan fingerprint density at radius 3 is 2.44 bits per heavy atom. The average molecular weight is 372 g/mol. The molecule has 0 N–H and O–H groups in total. The van der Waals surface area contributed by atoms with Crippen LogP contribution in [-0.2, 0) is 20.9 Å². The summed E-state index contributed by atoms with van der Waals surface area (Å²) < 4.78 is 0. The van der Waals surface area contributed by atoms with E-state index in [1.54, 1.807) is 21.9 Å². The van der Waals surface area contributed by atoms with Gasteiger partial charge in [0.2, 0.25) is 18.2 Å². The summed E-state index contributed by atoms with van der Waals surface area (Å²) in [5, 5.41) is 3.16. The number of hydrogen-bond donors (Lipinski definition) is 0. The minimum absolute atomic E-state index is 0.0377. The van der Waals surface area contributed by atoms with Gasteiger partial charge in [0, 0.05) is 13.6 Å². The molecule has 0 aliphatic carbocycles. The Kier molecular flexibility index (Phi) is 5.51. The third-order valence-electron chi connectivity index (χ3n) is 5.29. The Balaban J connectivity index is 1.91. The van der Waals surface area contributed by atoms with Gasteiger partial charge in [-0.05, 0) is 24.8 Å². The lowest BCUT2D eigenvalue weighted by Crippen LogP contribution is -2.74. The third-order valence-corrected chi connectivity index (χ3v) is 5.29. The van der Waals surface area contributed by atoms with Crippen molar-refractivity contribution >= 4 is 18.2 Å². The van der Waals surface area contributed by atoms with Crippen molar-refractivity contribution in [1.29, 1.82) is 0 Å². The predicted octanol–water partition coefficient (Wildman–Crippen LogP) is 1.23. The van der Waals surface area contributed by atoms with Crippen LogP contribution in [0, 0.1) is 12.8 Å². The van der Waals surface area contributed by atoms with Crippen molar-refractivity contribution in [3.63, 3.8) is 0 Å². The van der Waals surface area contributed by atoms with Crippen LogP contribution in [0.2, 0.25) is 0 Å². The highest BCUT2D eigenvalue weighted by atomic mass is 16.2. The van der Waals surface area contributed by atoms with E-state index in [4.69, 9.17) is 0 Å². The third kappa shape index (κ3) is 3.83. The quantitative estimate of drug-likeness (QED) is 0.729. The standard InChI is InChI=1S/C20H28N4O3/c1-14(2)9-17-20(27)22(10-16-7-5-15(3)6-8-16)11-18-23(13-25)21(4)12-19(26)24(17)18/h5-8,13-14,17-18H,9-12H2,1-4H3/t17-,18?/m0/s1. The van der Waals surface area contributed by atoms with Crippen molar-refractivity contribution in [2.75, 3.05) is 20.1 Å². The van der Waals surface area contributed by atoms with Crippen LogP contribution in [0.4, 0.5) is 0 Å². The lowest BCUT2D eigenvalue weighted by Gasteiger charge is -2.54. The highest BCUT2D eigenvalue weighted by molar-refractivity contribution is 5.90. The second-order valence-electron chi connectivity index (χ2n) is 7.93. The summed E-state index contributed by atoms with van der Waals surface area (Å²) >= 11 is 0. The molecule has 0 aromatic heterocycles. The Morgan fingerprint density at radius 1 is 1.19 bits per heavy atom. The molecular weight excluding hydrogens is 344 g/mol. The fraction of sp³-hybridized carbons (Fsp3) is 0.550. The van der Waals surface area contributed by atoms with Gasteiger partial charge in [-0.3, -0.25) is 19.4 Å². The first-order chi connectivity index (χ1) is 12.8. The van der Waals surface area contributed by atoms with Crippen LogP contribution in [0.25, 0.3) is 0 Å². The van der Waals surface area contributed by atoms with Crippen LogP contribution >= 0.6 is 0 Å². The molecule has 1 aromatic rings. The molecular formula is C20H28N4O3. The summed E-state index contributed by atoms with van der Waals surface area (Å²) in [7, 11) is 1.72. The van der Waals surface area contributed by atoms with E-state index in [2.05, 4.69) is 0 Å². The highest BCUT2D eigenvalue weighted by Crippen LogP contribution is 2.28. The number of hydrazine groups is 1. The molecule has 146 valence electrons. The van der Waals surface area contributed by atoms with Crippen LogP contribution in [0.3, 0.4) is 0 Å². The van der Waals surface area contributed by atoms with Gasteiger partial charge in [0.25, 0.3) is 0 Å². The van der Waals surface area contributed by atoms with Gasteiger partial charge in [0.1, 0.15) is 12.2 Å². The number of aryl methyl sites for hydroxylation is 1. The number of carbonyl (C=O) groups excluding carboxylic acids is 3. The summed E-state index contributed by atoms with van der Waals surface area (Å²) in [5.41, 5.74) is 2.21. The minimum atomic E-state index is -0.530. The number of likely N-dealkylation sites (N-methyl/N-ethyl adjacent to an activating group) is 1. The van der Waals surface area contributed by atoms with Gasteiger partial charge in [-0.1, -0.05) is 43.7 Å². The largest absolute Gasteiger partial charge is 0.333 e. The number of nitrogens with zero attached hydrogens (tertiary/aromatic N) is 4. The molecule has 2 heterocycles. The average Bonchev–Trinajstić information content (AvgIpc) is 2.60. The van der Waals surface area contributed by atoms with Gasteiger partial charge in [0.15, 0.2) is 0 Å². The molecule has 2 atom stereocenters. The van der Waals surface area contributed by atoms with E-state index in [9.17, 15) is 14.4 Å².